The zero-order valence-electron chi connectivity index (χ0n) is 14.3. The van der Waals surface area contributed by atoms with Gasteiger partial charge in [-0.15, -0.1) is 0 Å². The van der Waals surface area contributed by atoms with Gasteiger partial charge in [0, 0.05) is 30.9 Å². The summed E-state index contributed by atoms with van der Waals surface area (Å²) in [5, 5.41) is 0. The number of nitrogens with zero attached hydrogens (tertiary/aromatic N) is 2. The van der Waals surface area contributed by atoms with Crippen LogP contribution in [0.5, 0.6) is 0 Å². The van der Waals surface area contributed by atoms with Crippen LogP contribution < -0.4 is 4.90 Å². The molecule has 0 aromatic heterocycles. The lowest BCUT2D eigenvalue weighted by Gasteiger charge is -2.40. The molecule has 26 heavy (non-hydrogen) atoms. The van der Waals surface area contributed by atoms with Crippen molar-refractivity contribution in [2.24, 2.45) is 0 Å². The Bertz CT molecular complexity index is 829. The molecule has 2 heterocycles. The lowest BCUT2D eigenvalue weighted by Crippen LogP contribution is -2.56. The van der Waals surface area contributed by atoms with E-state index >= 15 is 0 Å². The average Bonchev–Trinajstić information content (AvgIpc) is 3.02. The van der Waals surface area contributed by atoms with Gasteiger partial charge in [0.25, 0.3) is 5.91 Å². The lowest BCUT2D eigenvalue weighted by molar-refractivity contribution is -0.137. The molecule has 1 unspecified atom stereocenters. The Morgan fingerprint density at radius 1 is 1.08 bits per heavy atom. The third-order valence-corrected chi connectivity index (χ3v) is 5.12. The molecule has 136 valence electrons. The lowest BCUT2D eigenvalue weighted by atomic mass is 10.00. The highest BCUT2D eigenvalue weighted by Gasteiger charge is 2.45. The van der Waals surface area contributed by atoms with E-state index in [0.29, 0.717) is 30.9 Å². The van der Waals surface area contributed by atoms with Crippen LogP contribution in [0.15, 0.2) is 48.5 Å². The third kappa shape index (κ3) is 3.34. The Morgan fingerprint density at radius 3 is 2.73 bits per heavy atom. The smallest absolute Gasteiger partial charge is 0.253 e. The van der Waals surface area contributed by atoms with Crippen molar-refractivity contribution >= 4 is 11.6 Å². The number of likely N-dealkylation sites (tertiary alicyclic amines) is 1. The number of anilines is 1. The van der Waals surface area contributed by atoms with Gasteiger partial charge >= 0.3 is 0 Å². The molecule has 2 aromatic carbocycles. The Balaban J connectivity index is 1.49. The van der Waals surface area contributed by atoms with Crippen LogP contribution in [-0.2, 0) is 16.1 Å². The minimum atomic E-state index is -0.495. The van der Waals surface area contributed by atoms with Gasteiger partial charge in [0.2, 0.25) is 0 Å². The van der Waals surface area contributed by atoms with Crippen LogP contribution in [0.2, 0.25) is 0 Å². The van der Waals surface area contributed by atoms with Crippen molar-refractivity contribution < 1.29 is 18.3 Å². The van der Waals surface area contributed by atoms with E-state index in [1.807, 2.05) is 6.07 Å². The molecular formula is C20H20F2N2O2. The van der Waals surface area contributed by atoms with Crippen molar-refractivity contribution in [2.75, 3.05) is 31.1 Å². The van der Waals surface area contributed by atoms with E-state index < -0.39 is 5.60 Å². The fourth-order valence-corrected chi connectivity index (χ4v) is 3.77. The summed E-state index contributed by atoms with van der Waals surface area (Å²) in [6.45, 7) is 2.23. The van der Waals surface area contributed by atoms with Crippen LogP contribution in [0.1, 0.15) is 12.0 Å². The van der Waals surface area contributed by atoms with Crippen molar-refractivity contribution in [1.82, 2.24) is 4.90 Å². The maximum Gasteiger partial charge on any atom is 0.253 e. The molecule has 0 N–H and O–H groups in total. The second-order valence-electron chi connectivity index (χ2n) is 6.98. The standard InChI is InChI=1S/C20H20F2N2O2/c21-16-5-3-6-17(10-16)24-14-20(26-12-19(24)25)8-9-23(13-20)11-15-4-1-2-7-18(15)22/h1-7,10H,8-9,11-14H2. The highest BCUT2D eigenvalue weighted by molar-refractivity contribution is 5.95. The highest BCUT2D eigenvalue weighted by atomic mass is 19.1. The Morgan fingerprint density at radius 2 is 1.92 bits per heavy atom. The molecule has 2 aliphatic rings. The van der Waals surface area contributed by atoms with Crippen LogP contribution >= 0.6 is 0 Å². The average molecular weight is 358 g/mol. The largest absolute Gasteiger partial charge is 0.362 e. The number of morpholine rings is 1. The molecule has 2 fully saturated rings. The van der Waals surface area contributed by atoms with E-state index in [2.05, 4.69) is 4.90 Å². The summed E-state index contributed by atoms with van der Waals surface area (Å²) >= 11 is 0. The topological polar surface area (TPSA) is 32.8 Å². The van der Waals surface area contributed by atoms with Crippen molar-refractivity contribution in [3.63, 3.8) is 0 Å². The van der Waals surface area contributed by atoms with Gasteiger partial charge in [-0.2, -0.15) is 0 Å². The molecule has 4 rings (SSSR count). The zero-order chi connectivity index (χ0) is 18.1. The molecule has 1 atom stereocenters. The molecule has 0 saturated carbocycles. The van der Waals surface area contributed by atoms with Gasteiger partial charge in [-0.3, -0.25) is 9.69 Å². The Kier molecular flexibility index (Phi) is 4.46. The summed E-state index contributed by atoms with van der Waals surface area (Å²) in [6.07, 6.45) is 0.751. The molecule has 0 aliphatic carbocycles. The highest BCUT2D eigenvalue weighted by Crippen LogP contribution is 2.33. The van der Waals surface area contributed by atoms with E-state index in [1.54, 1.807) is 29.2 Å². The summed E-state index contributed by atoms with van der Waals surface area (Å²) in [5.74, 6) is -0.758. The molecule has 4 nitrogen and oxygen atoms in total. The number of hydrogen-bond donors (Lipinski definition) is 0. The predicted molar refractivity (Wildman–Crippen MR) is 93.7 cm³/mol. The van der Waals surface area contributed by atoms with Gasteiger partial charge < -0.3 is 9.64 Å². The van der Waals surface area contributed by atoms with Gasteiger partial charge in [-0.25, -0.2) is 8.78 Å². The molecule has 2 saturated heterocycles. The van der Waals surface area contributed by atoms with Gasteiger partial charge in [-0.05, 0) is 30.7 Å². The Labute approximate surface area is 151 Å². The van der Waals surface area contributed by atoms with Crippen molar-refractivity contribution in [2.45, 2.75) is 18.6 Å². The van der Waals surface area contributed by atoms with E-state index in [4.69, 9.17) is 4.74 Å². The number of carbonyl (C=O) groups excluding carboxylic acids is 1. The van der Waals surface area contributed by atoms with Crippen LogP contribution in [0.25, 0.3) is 0 Å². The minimum Gasteiger partial charge on any atom is -0.362 e. The number of rotatable bonds is 3. The second kappa shape index (κ2) is 6.78. The summed E-state index contributed by atoms with van der Waals surface area (Å²) in [7, 11) is 0. The number of carbonyl (C=O) groups is 1. The summed E-state index contributed by atoms with van der Waals surface area (Å²) in [6, 6.07) is 12.8. The zero-order valence-corrected chi connectivity index (χ0v) is 14.3. The first-order chi connectivity index (χ1) is 12.5. The molecule has 1 amide bonds. The van der Waals surface area contributed by atoms with E-state index in [1.165, 1.54) is 18.2 Å². The van der Waals surface area contributed by atoms with Gasteiger partial charge in [0.15, 0.2) is 0 Å². The van der Waals surface area contributed by atoms with Crippen molar-refractivity contribution in [3.05, 3.63) is 65.7 Å². The normalized spacial score (nSPS) is 23.8. The molecule has 2 aliphatic heterocycles. The fraction of sp³-hybridized carbons (Fsp3) is 0.350. The van der Waals surface area contributed by atoms with E-state index in [0.717, 1.165) is 13.0 Å². The molecular weight excluding hydrogens is 338 g/mol. The first-order valence-electron chi connectivity index (χ1n) is 8.70. The second-order valence-corrected chi connectivity index (χ2v) is 6.98. The Hall–Kier alpha value is -2.31. The van der Waals surface area contributed by atoms with Crippen LogP contribution in [0.3, 0.4) is 0 Å². The molecule has 2 aromatic rings. The number of amides is 1. The molecule has 0 bridgehead atoms. The van der Waals surface area contributed by atoms with Crippen LogP contribution in [0.4, 0.5) is 14.5 Å². The van der Waals surface area contributed by atoms with Crippen LogP contribution in [-0.4, -0.2) is 42.6 Å². The number of halogens is 2. The van der Waals surface area contributed by atoms with Crippen molar-refractivity contribution in [3.8, 4) is 0 Å². The van der Waals surface area contributed by atoms with Gasteiger partial charge in [0.1, 0.15) is 23.8 Å². The van der Waals surface area contributed by atoms with Crippen LogP contribution in [0, 0.1) is 11.6 Å². The molecule has 6 heteroatoms. The molecule has 1 spiro atoms. The van der Waals surface area contributed by atoms with E-state index in [9.17, 15) is 13.6 Å². The van der Waals surface area contributed by atoms with Crippen molar-refractivity contribution in [1.29, 1.82) is 0 Å². The first kappa shape index (κ1) is 17.1. The molecule has 0 radical (unpaired) electrons. The first-order valence-corrected chi connectivity index (χ1v) is 8.70. The van der Waals surface area contributed by atoms with Gasteiger partial charge in [-0.1, -0.05) is 24.3 Å². The van der Waals surface area contributed by atoms with Gasteiger partial charge in [0.05, 0.1) is 6.54 Å². The van der Waals surface area contributed by atoms with E-state index in [-0.39, 0.29) is 24.1 Å². The number of hydrogen-bond acceptors (Lipinski definition) is 3. The summed E-state index contributed by atoms with van der Waals surface area (Å²) < 4.78 is 33.3. The quantitative estimate of drug-likeness (QED) is 0.846. The summed E-state index contributed by atoms with van der Waals surface area (Å²) in [4.78, 5) is 16.0. The number of benzene rings is 2. The summed E-state index contributed by atoms with van der Waals surface area (Å²) in [5.41, 5.74) is 0.703. The predicted octanol–water partition coefficient (Wildman–Crippen LogP) is 2.97. The fourth-order valence-electron chi connectivity index (χ4n) is 3.77. The minimum absolute atomic E-state index is 0.0238. The third-order valence-electron chi connectivity index (χ3n) is 5.12. The number of ether oxygens (including phenoxy) is 1. The monoisotopic (exact) mass is 358 g/mol. The maximum atomic E-state index is 13.9. The SMILES string of the molecule is O=C1COC2(CCN(Cc3ccccc3F)C2)CN1c1cccc(F)c1. The maximum absolute atomic E-state index is 13.9.